The molecule has 166 valence electrons. The molecule has 1 N–H and O–H groups in total. The highest BCUT2D eigenvalue weighted by molar-refractivity contribution is 7.81. The molecule has 0 atom stereocenters. The van der Waals surface area contributed by atoms with E-state index in [0.717, 1.165) is 18.4 Å². The van der Waals surface area contributed by atoms with Crippen molar-refractivity contribution in [2.45, 2.75) is 46.1 Å². The van der Waals surface area contributed by atoms with Crippen LogP contribution < -0.4 is 15.1 Å². The fraction of sp³-hybridized carbons (Fsp3) is 0.333. The molecule has 2 aromatic rings. The Morgan fingerprint density at radius 3 is 2.50 bits per heavy atom. The minimum Gasteiger partial charge on any atom is -0.352 e. The van der Waals surface area contributed by atoms with E-state index in [0.29, 0.717) is 23.5 Å². The Kier molecular flexibility index (Phi) is 6.60. The Balaban J connectivity index is 1.94. The molecule has 6 nitrogen and oxygen atoms in total. The summed E-state index contributed by atoms with van der Waals surface area (Å²) in [5.74, 6) is -1.43. The molecule has 1 aliphatic rings. The molecule has 0 radical (unpaired) electrons. The number of amides is 2. The van der Waals surface area contributed by atoms with Crippen LogP contribution >= 0.6 is 12.2 Å². The summed E-state index contributed by atoms with van der Waals surface area (Å²) in [6.45, 7) is 7.69. The summed E-state index contributed by atoms with van der Waals surface area (Å²) in [5.41, 5.74) is 1.02. The average Bonchev–Trinajstić information content (AvgIpc) is 2.91. The summed E-state index contributed by atoms with van der Waals surface area (Å²) in [6, 6.07) is 11.4. The number of nitrogens with zero attached hydrogens (tertiary/aromatic N) is 3. The van der Waals surface area contributed by atoms with Gasteiger partial charge in [-0.3, -0.25) is 14.5 Å². The molecule has 0 aliphatic carbocycles. The zero-order valence-electron chi connectivity index (χ0n) is 18.5. The van der Waals surface area contributed by atoms with Crippen molar-refractivity contribution in [2.24, 2.45) is 0 Å². The van der Waals surface area contributed by atoms with Crippen LogP contribution in [0.15, 0.2) is 36.4 Å². The number of nitrogens with one attached hydrogen (secondary N) is 1. The molecule has 0 aromatic heterocycles. The number of thiocarbonyl (C=S) groups is 1. The summed E-state index contributed by atoms with van der Waals surface area (Å²) in [6.07, 6.45) is 1.74. The molecule has 2 aromatic carbocycles. The second kappa shape index (κ2) is 9.05. The van der Waals surface area contributed by atoms with Crippen LogP contribution in [-0.4, -0.2) is 29.0 Å². The van der Waals surface area contributed by atoms with Gasteiger partial charge in [-0.1, -0.05) is 13.3 Å². The van der Waals surface area contributed by atoms with Gasteiger partial charge in [-0.05, 0) is 81.4 Å². The van der Waals surface area contributed by atoms with Crippen LogP contribution in [0.3, 0.4) is 0 Å². The number of nitriles is 1. The van der Waals surface area contributed by atoms with Crippen molar-refractivity contribution in [3.63, 3.8) is 0 Å². The second-order valence-electron chi connectivity index (χ2n) is 8.20. The number of unbranched alkanes of at least 4 members (excludes halogenated alkanes) is 1. The number of anilines is 2. The smallest absolute Gasteiger partial charge is 0.259 e. The second-order valence-corrected chi connectivity index (χ2v) is 8.57. The first-order valence-corrected chi connectivity index (χ1v) is 10.8. The summed E-state index contributed by atoms with van der Waals surface area (Å²) < 4.78 is 14.8. The zero-order chi connectivity index (χ0) is 23.6. The molecule has 0 saturated carbocycles. The Morgan fingerprint density at radius 2 is 1.91 bits per heavy atom. The van der Waals surface area contributed by atoms with Crippen LogP contribution in [0.1, 0.15) is 55.1 Å². The first-order chi connectivity index (χ1) is 15.1. The zero-order valence-corrected chi connectivity index (χ0v) is 19.3. The standard InChI is InChI=1S/C24H25FN4O2S/c1-5-6-11-27-21(30)19-10-9-18(13-20(19)25)29-23(32)28(22(31)24(29,3)4)17-8-7-16(14-26)15(2)12-17/h7-10,12-13H,5-6,11H2,1-4H3,(H,27,30). The molecule has 1 heterocycles. The quantitative estimate of drug-likeness (QED) is 0.518. The highest BCUT2D eigenvalue weighted by Crippen LogP contribution is 2.37. The maximum absolute atomic E-state index is 14.8. The Bertz CT molecular complexity index is 1140. The van der Waals surface area contributed by atoms with Gasteiger partial charge >= 0.3 is 0 Å². The third-order valence-electron chi connectivity index (χ3n) is 5.53. The van der Waals surface area contributed by atoms with E-state index in [2.05, 4.69) is 11.4 Å². The molecule has 32 heavy (non-hydrogen) atoms. The van der Waals surface area contributed by atoms with Crippen molar-refractivity contribution in [1.82, 2.24) is 5.32 Å². The first-order valence-electron chi connectivity index (χ1n) is 10.4. The number of benzene rings is 2. The summed E-state index contributed by atoms with van der Waals surface area (Å²) in [7, 11) is 0. The summed E-state index contributed by atoms with van der Waals surface area (Å²) in [4.78, 5) is 28.5. The van der Waals surface area contributed by atoms with E-state index >= 15 is 0 Å². The van der Waals surface area contributed by atoms with E-state index in [-0.39, 0.29) is 16.6 Å². The molecule has 0 spiro atoms. The molecular weight excluding hydrogens is 427 g/mol. The van der Waals surface area contributed by atoms with Gasteiger partial charge in [-0.15, -0.1) is 0 Å². The number of hydrogen-bond acceptors (Lipinski definition) is 4. The monoisotopic (exact) mass is 452 g/mol. The minimum absolute atomic E-state index is 0.0568. The van der Waals surface area contributed by atoms with Gasteiger partial charge in [0.25, 0.3) is 11.8 Å². The van der Waals surface area contributed by atoms with Crippen molar-refractivity contribution in [3.05, 3.63) is 58.9 Å². The Morgan fingerprint density at radius 1 is 1.22 bits per heavy atom. The van der Waals surface area contributed by atoms with Gasteiger partial charge in [-0.2, -0.15) is 5.26 Å². The average molecular weight is 453 g/mol. The molecule has 2 amide bonds. The lowest BCUT2D eigenvalue weighted by atomic mass is 10.0. The number of aryl methyl sites for hydroxylation is 1. The lowest BCUT2D eigenvalue weighted by Crippen LogP contribution is -2.44. The van der Waals surface area contributed by atoms with Gasteiger partial charge in [0.2, 0.25) is 0 Å². The number of carbonyl (C=O) groups is 2. The maximum atomic E-state index is 14.8. The van der Waals surface area contributed by atoms with Crippen LogP contribution in [0, 0.1) is 24.1 Å². The van der Waals surface area contributed by atoms with E-state index in [1.165, 1.54) is 17.0 Å². The predicted molar refractivity (Wildman–Crippen MR) is 126 cm³/mol. The lowest BCUT2D eigenvalue weighted by molar-refractivity contribution is -0.120. The van der Waals surface area contributed by atoms with Crippen LogP contribution in [0.5, 0.6) is 0 Å². The lowest BCUT2D eigenvalue weighted by Gasteiger charge is -2.29. The van der Waals surface area contributed by atoms with E-state index < -0.39 is 17.3 Å². The maximum Gasteiger partial charge on any atom is 0.259 e. The molecule has 1 saturated heterocycles. The van der Waals surface area contributed by atoms with Crippen molar-refractivity contribution < 1.29 is 14.0 Å². The Labute approximate surface area is 192 Å². The van der Waals surface area contributed by atoms with Crippen LogP contribution in [0.2, 0.25) is 0 Å². The highest BCUT2D eigenvalue weighted by atomic mass is 32.1. The van der Waals surface area contributed by atoms with Gasteiger partial charge in [0, 0.05) is 12.2 Å². The van der Waals surface area contributed by atoms with Crippen molar-refractivity contribution in [2.75, 3.05) is 16.3 Å². The fourth-order valence-corrected chi connectivity index (χ4v) is 4.19. The topological polar surface area (TPSA) is 76.4 Å². The number of carbonyl (C=O) groups excluding carboxylic acids is 2. The van der Waals surface area contributed by atoms with E-state index in [9.17, 15) is 19.2 Å². The van der Waals surface area contributed by atoms with Gasteiger partial charge in [0.05, 0.1) is 22.9 Å². The van der Waals surface area contributed by atoms with Gasteiger partial charge in [0.15, 0.2) is 5.11 Å². The number of hydrogen-bond donors (Lipinski definition) is 1. The largest absolute Gasteiger partial charge is 0.352 e. The van der Waals surface area contributed by atoms with E-state index in [4.69, 9.17) is 12.2 Å². The third-order valence-corrected chi connectivity index (χ3v) is 5.89. The Hall–Kier alpha value is -3.31. The minimum atomic E-state index is -1.07. The summed E-state index contributed by atoms with van der Waals surface area (Å²) in [5, 5.41) is 12.1. The van der Waals surface area contributed by atoms with E-state index in [1.54, 1.807) is 49.9 Å². The van der Waals surface area contributed by atoms with Crippen molar-refractivity contribution in [1.29, 1.82) is 5.26 Å². The number of halogens is 1. The molecule has 0 unspecified atom stereocenters. The molecule has 0 bridgehead atoms. The van der Waals surface area contributed by atoms with Gasteiger partial charge in [-0.25, -0.2) is 4.39 Å². The summed E-state index contributed by atoms with van der Waals surface area (Å²) >= 11 is 5.62. The molecular formula is C24H25FN4O2S. The SMILES string of the molecule is CCCCNC(=O)c1ccc(N2C(=S)N(c3ccc(C#N)c(C)c3)C(=O)C2(C)C)cc1F. The first kappa shape index (κ1) is 23.4. The molecule has 1 fully saturated rings. The van der Waals surface area contributed by atoms with Crippen LogP contribution in [0.4, 0.5) is 15.8 Å². The van der Waals surface area contributed by atoms with E-state index in [1.807, 2.05) is 6.92 Å². The van der Waals surface area contributed by atoms with Crippen LogP contribution in [-0.2, 0) is 4.79 Å². The molecule has 1 aliphatic heterocycles. The highest BCUT2D eigenvalue weighted by Gasteiger charge is 2.50. The third kappa shape index (κ3) is 4.08. The number of rotatable bonds is 6. The van der Waals surface area contributed by atoms with Crippen LogP contribution in [0.25, 0.3) is 0 Å². The molecule has 8 heteroatoms. The van der Waals surface area contributed by atoms with Gasteiger partial charge in [0.1, 0.15) is 11.4 Å². The predicted octanol–water partition coefficient (Wildman–Crippen LogP) is 4.45. The van der Waals surface area contributed by atoms with Crippen molar-refractivity contribution in [3.8, 4) is 6.07 Å². The normalized spacial score (nSPS) is 15.1. The fourth-order valence-electron chi connectivity index (χ4n) is 3.67. The van der Waals surface area contributed by atoms with Crippen molar-refractivity contribution >= 4 is 40.5 Å². The van der Waals surface area contributed by atoms with Gasteiger partial charge < -0.3 is 10.2 Å². The molecule has 3 rings (SSSR count).